The molecule has 5 heteroatoms. The summed E-state index contributed by atoms with van der Waals surface area (Å²) in [7, 11) is 0. The standard InChI is InChI=1S/C10H14O5/c1-5-14-10(13)6(2)9(7(3)11)15-8(4)12/h5H2,1-4H3. The minimum atomic E-state index is -0.663. The van der Waals surface area contributed by atoms with Crippen LogP contribution in [0.1, 0.15) is 27.7 Å². The SMILES string of the molecule is CCOC(=O)C(C)=C(OC(C)=O)C(C)=O. The molecule has 0 N–H and O–H groups in total. The number of hydrogen-bond donors (Lipinski definition) is 0. The fourth-order valence-electron chi connectivity index (χ4n) is 0.888. The first-order valence-electron chi connectivity index (χ1n) is 4.47. The van der Waals surface area contributed by atoms with Crippen molar-refractivity contribution in [1.29, 1.82) is 0 Å². The van der Waals surface area contributed by atoms with Crippen LogP contribution in [0.5, 0.6) is 0 Å². The van der Waals surface area contributed by atoms with Crippen LogP contribution in [0.3, 0.4) is 0 Å². The van der Waals surface area contributed by atoms with Gasteiger partial charge in [-0.15, -0.1) is 0 Å². The van der Waals surface area contributed by atoms with Crippen molar-refractivity contribution in [2.45, 2.75) is 27.7 Å². The third kappa shape index (κ3) is 4.39. The molecule has 0 radical (unpaired) electrons. The van der Waals surface area contributed by atoms with Crippen LogP contribution >= 0.6 is 0 Å². The molecule has 0 rings (SSSR count). The fourth-order valence-corrected chi connectivity index (χ4v) is 0.888. The summed E-state index contributed by atoms with van der Waals surface area (Å²) in [6, 6.07) is 0. The molecule has 0 fully saturated rings. The molecule has 0 heterocycles. The van der Waals surface area contributed by atoms with Gasteiger partial charge in [0.1, 0.15) is 0 Å². The summed E-state index contributed by atoms with van der Waals surface area (Å²) in [6.07, 6.45) is 0. The van der Waals surface area contributed by atoms with Crippen molar-refractivity contribution in [1.82, 2.24) is 0 Å². The average molecular weight is 214 g/mol. The molecule has 0 unspecified atom stereocenters. The monoisotopic (exact) mass is 214 g/mol. The van der Waals surface area contributed by atoms with Crippen molar-refractivity contribution in [3.63, 3.8) is 0 Å². The van der Waals surface area contributed by atoms with E-state index in [1.165, 1.54) is 13.8 Å². The topological polar surface area (TPSA) is 69.7 Å². The molecular formula is C10H14O5. The minimum Gasteiger partial charge on any atom is -0.463 e. The molecule has 0 amide bonds. The van der Waals surface area contributed by atoms with E-state index in [0.717, 1.165) is 6.92 Å². The number of Topliss-reactive ketones (excluding diaryl/α,β-unsaturated/α-hetero) is 1. The summed E-state index contributed by atoms with van der Waals surface area (Å²) in [5.41, 5.74) is -0.000417. The molecule has 0 aromatic rings. The predicted molar refractivity (Wildman–Crippen MR) is 51.8 cm³/mol. The Balaban J connectivity index is 4.99. The molecule has 0 saturated heterocycles. The molecule has 0 bridgehead atoms. The van der Waals surface area contributed by atoms with Gasteiger partial charge in [0.2, 0.25) is 0 Å². The number of hydrogen-bond acceptors (Lipinski definition) is 5. The van der Waals surface area contributed by atoms with Crippen LogP contribution in [-0.2, 0) is 23.9 Å². The molecule has 0 aromatic heterocycles. The van der Waals surface area contributed by atoms with Gasteiger partial charge in [0, 0.05) is 13.8 Å². The van der Waals surface area contributed by atoms with E-state index in [0.29, 0.717) is 0 Å². The van der Waals surface area contributed by atoms with Crippen molar-refractivity contribution < 1.29 is 23.9 Å². The molecule has 0 spiro atoms. The maximum Gasteiger partial charge on any atom is 0.337 e. The van der Waals surface area contributed by atoms with Crippen LogP contribution in [0.2, 0.25) is 0 Å². The number of esters is 2. The Hall–Kier alpha value is -1.65. The second kappa shape index (κ2) is 5.95. The Bertz CT molecular complexity index is 314. The summed E-state index contributed by atoms with van der Waals surface area (Å²) < 4.78 is 9.31. The molecule has 0 aliphatic carbocycles. The van der Waals surface area contributed by atoms with Crippen molar-refractivity contribution in [3.8, 4) is 0 Å². The van der Waals surface area contributed by atoms with Crippen LogP contribution < -0.4 is 0 Å². The zero-order valence-corrected chi connectivity index (χ0v) is 9.25. The van der Waals surface area contributed by atoms with Crippen molar-refractivity contribution in [2.75, 3.05) is 6.61 Å². The summed E-state index contributed by atoms with van der Waals surface area (Å²) in [5, 5.41) is 0. The van der Waals surface area contributed by atoms with Crippen LogP contribution in [-0.4, -0.2) is 24.3 Å². The summed E-state index contributed by atoms with van der Waals surface area (Å²) in [6.45, 7) is 5.58. The Morgan fingerprint density at radius 3 is 1.93 bits per heavy atom. The zero-order valence-electron chi connectivity index (χ0n) is 9.25. The maximum atomic E-state index is 11.2. The minimum absolute atomic E-state index is 0.000417. The molecule has 5 nitrogen and oxygen atoms in total. The highest BCUT2D eigenvalue weighted by Crippen LogP contribution is 2.09. The van der Waals surface area contributed by atoms with E-state index >= 15 is 0 Å². The number of ether oxygens (including phenoxy) is 2. The van der Waals surface area contributed by atoms with Gasteiger partial charge in [0.05, 0.1) is 12.2 Å². The van der Waals surface area contributed by atoms with Crippen molar-refractivity contribution >= 4 is 17.7 Å². The molecule has 0 saturated carbocycles. The van der Waals surface area contributed by atoms with Crippen LogP contribution in [0.4, 0.5) is 0 Å². The predicted octanol–water partition coefficient (Wildman–Crippen LogP) is 0.976. The lowest BCUT2D eigenvalue weighted by Gasteiger charge is -2.07. The highest BCUT2D eigenvalue weighted by Gasteiger charge is 2.18. The van der Waals surface area contributed by atoms with Gasteiger partial charge in [-0.3, -0.25) is 9.59 Å². The average Bonchev–Trinajstić information content (AvgIpc) is 2.12. The second-order valence-corrected chi connectivity index (χ2v) is 2.82. The molecule has 0 aliphatic heterocycles. The molecule has 0 aromatic carbocycles. The van der Waals surface area contributed by atoms with Gasteiger partial charge in [-0.05, 0) is 13.8 Å². The van der Waals surface area contributed by atoms with E-state index in [1.807, 2.05) is 0 Å². The van der Waals surface area contributed by atoms with Gasteiger partial charge < -0.3 is 9.47 Å². The summed E-state index contributed by atoms with van der Waals surface area (Å²) >= 11 is 0. The first kappa shape index (κ1) is 13.4. The Labute approximate surface area is 88.0 Å². The molecule has 0 aliphatic rings. The van der Waals surface area contributed by atoms with E-state index in [2.05, 4.69) is 9.47 Å². The van der Waals surface area contributed by atoms with E-state index in [9.17, 15) is 14.4 Å². The molecule has 84 valence electrons. The van der Waals surface area contributed by atoms with Crippen molar-refractivity contribution in [3.05, 3.63) is 11.3 Å². The van der Waals surface area contributed by atoms with Gasteiger partial charge >= 0.3 is 11.9 Å². The van der Waals surface area contributed by atoms with Crippen LogP contribution in [0.25, 0.3) is 0 Å². The number of allylic oxidation sites excluding steroid dienone is 1. The lowest BCUT2D eigenvalue weighted by Crippen LogP contribution is -2.15. The zero-order chi connectivity index (χ0) is 12.0. The number of carbonyl (C=O) groups excluding carboxylic acids is 3. The van der Waals surface area contributed by atoms with Gasteiger partial charge in [0.25, 0.3) is 0 Å². The quantitative estimate of drug-likeness (QED) is 0.396. The third-order valence-corrected chi connectivity index (χ3v) is 1.49. The highest BCUT2D eigenvalue weighted by atomic mass is 16.5. The Kier molecular flexibility index (Phi) is 5.30. The number of carbonyl (C=O) groups is 3. The lowest BCUT2D eigenvalue weighted by molar-refractivity contribution is -0.142. The largest absolute Gasteiger partial charge is 0.463 e. The summed E-state index contributed by atoms with van der Waals surface area (Å²) in [5.74, 6) is -2.07. The third-order valence-electron chi connectivity index (χ3n) is 1.49. The van der Waals surface area contributed by atoms with E-state index < -0.39 is 17.7 Å². The van der Waals surface area contributed by atoms with E-state index in [4.69, 9.17) is 0 Å². The molecule has 0 atom stereocenters. The molecular weight excluding hydrogens is 200 g/mol. The normalized spacial score (nSPS) is 11.5. The van der Waals surface area contributed by atoms with Crippen LogP contribution in [0.15, 0.2) is 11.3 Å². The van der Waals surface area contributed by atoms with Gasteiger partial charge in [0.15, 0.2) is 11.5 Å². The number of rotatable bonds is 4. The highest BCUT2D eigenvalue weighted by molar-refractivity contribution is 6.02. The van der Waals surface area contributed by atoms with Crippen LogP contribution in [0, 0.1) is 0 Å². The Morgan fingerprint density at radius 1 is 1.07 bits per heavy atom. The fraction of sp³-hybridized carbons (Fsp3) is 0.500. The first-order chi connectivity index (χ1) is 6.90. The Morgan fingerprint density at radius 2 is 1.60 bits per heavy atom. The smallest absolute Gasteiger partial charge is 0.337 e. The van der Waals surface area contributed by atoms with Gasteiger partial charge in [-0.25, -0.2) is 4.79 Å². The second-order valence-electron chi connectivity index (χ2n) is 2.82. The van der Waals surface area contributed by atoms with E-state index in [1.54, 1.807) is 6.92 Å². The van der Waals surface area contributed by atoms with Gasteiger partial charge in [-0.1, -0.05) is 0 Å². The van der Waals surface area contributed by atoms with Gasteiger partial charge in [-0.2, -0.15) is 0 Å². The summed E-state index contributed by atoms with van der Waals surface area (Å²) in [4.78, 5) is 33.0. The number of ketones is 1. The van der Waals surface area contributed by atoms with E-state index in [-0.39, 0.29) is 17.9 Å². The first-order valence-corrected chi connectivity index (χ1v) is 4.47. The molecule has 15 heavy (non-hydrogen) atoms. The van der Waals surface area contributed by atoms with Crippen molar-refractivity contribution in [2.24, 2.45) is 0 Å². The lowest BCUT2D eigenvalue weighted by atomic mass is 10.2. The maximum absolute atomic E-state index is 11.2.